The van der Waals surface area contributed by atoms with E-state index in [1.165, 1.54) is 14.2 Å². The van der Waals surface area contributed by atoms with Crippen molar-refractivity contribution in [3.8, 4) is 0 Å². The molecule has 0 amide bonds. The van der Waals surface area contributed by atoms with E-state index in [-0.39, 0.29) is 0 Å². The van der Waals surface area contributed by atoms with E-state index in [0.29, 0.717) is 0 Å². The predicted octanol–water partition coefficient (Wildman–Crippen LogP) is -1.74. The van der Waals surface area contributed by atoms with E-state index in [9.17, 15) is 10.2 Å². The fourth-order valence-electron chi connectivity index (χ4n) is 1.13. The lowest BCUT2D eigenvalue weighted by Gasteiger charge is -2.12. The molecule has 0 radical (unpaired) electrons. The molecule has 11 heavy (non-hydrogen) atoms. The maximum Gasteiger partial charge on any atom is 0.138 e. The molecule has 1 aliphatic rings. The summed E-state index contributed by atoms with van der Waals surface area (Å²) in [7, 11) is 2.90. The third kappa shape index (κ3) is 1.52. The highest BCUT2D eigenvalue weighted by Gasteiger charge is 2.41. The Balaban J connectivity index is 2.53. The molecule has 1 fully saturated rings. The fraction of sp³-hybridized carbons (Fsp3) is 1.00. The van der Waals surface area contributed by atoms with E-state index in [4.69, 9.17) is 9.47 Å². The van der Waals surface area contributed by atoms with Crippen LogP contribution in [0.25, 0.3) is 0 Å². The van der Waals surface area contributed by atoms with Crippen LogP contribution in [-0.4, -0.2) is 49.1 Å². The van der Waals surface area contributed by atoms with Crippen molar-refractivity contribution < 1.29 is 19.7 Å². The van der Waals surface area contributed by atoms with Crippen molar-refractivity contribution >= 4 is 0 Å². The van der Waals surface area contributed by atoms with E-state index in [1.54, 1.807) is 0 Å². The minimum Gasteiger partial charge on any atom is -0.386 e. The van der Waals surface area contributed by atoms with Gasteiger partial charge in [-0.3, -0.25) is 5.32 Å². The van der Waals surface area contributed by atoms with Gasteiger partial charge in [-0.2, -0.15) is 0 Å². The molecule has 0 aromatic heterocycles. The summed E-state index contributed by atoms with van der Waals surface area (Å²) in [5.74, 6) is 0. The zero-order valence-electron chi connectivity index (χ0n) is 6.52. The molecular weight excluding hydrogens is 150 g/mol. The first-order valence-corrected chi connectivity index (χ1v) is 3.38. The molecule has 1 rings (SSSR count). The topological polar surface area (TPSA) is 71.0 Å². The first-order valence-electron chi connectivity index (χ1n) is 3.38. The van der Waals surface area contributed by atoms with Crippen LogP contribution in [0.5, 0.6) is 0 Å². The van der Waals surface area contributed by atoms with Crippen LogP contribution < -0.4 is 5.32 Å². The van der Waals surface area contributed by atoms with E-state index in [1.807, 2.05) is 0 Å². The van der Waals surface area contributed by atoms with Gasteiger partial charge >= 0.3 is 0 Å². The number of rotatable bonds is 2. The van der Waals surface area contributed by atoms with Gasteiger partial charge in [0.1, 0.15) is 24.7 Å². The number of methoxy groups -OCH3 is 2. The molecule has 4 atom stereocenters. The van der Waals surface area contributed by atoms with Crippen LogP contribution in [0, 0.1) is 0 Å². The average molecular weight is 163 g/mol. The second kappa shape index (κ2) is 3.46. The standard InChI is InChI=1S/C6H13NO4/c1-10-5-3(8)4(9)6(7-5)11-2/h3-9H,1-2H3/t3-,4-,5+,6+/m1/s1. The molecule has 0 bridgehead atoms. The molecule has 0 aromatic carbocycles. The van der Waals surface area contributed by atoms with Gasteiger partial charge in [0.25, 0.3) is 0 Å². The van der Waals surface area contributed by atoms with Crippen molar-refractivity contribution in [2.24, 2.45) is 0 Å². The first-order chi connectivity index (χ1) is 5.20. The summed E-state index contributed by atoms with van der Waals surface area (Å²) >= 11 is 0. The molecule has 1 aliphatic heterocycles. The molecule has 1 heterocycles. The average Bonchev–Trinajstić information content (AvgIpc) is 2.30. The monoisotopic (exact) mass is 163 g/mol. The number of nitrogens with one attached hydrogen (secondary N) is 1. The summed E-state index contributed by atoms with van der Waals surface area (Å²) in [5, 5.41) is 21.2. The number of aliphatic hydroxyl groups is 2. The Hall–Kier alpha value is -0.200. The molecule has 66 valence electrons. The highest BCUT2D eigenvalue weighted by Crippen LogP contribution is 2.14. The Morgan fingerprint density at radius 2 is 1.36 bits per heavy atom. The van der Waals surface area contributed by atoms with Crippen LogP contribution in [0.3, 0.4) is 0 Å². The summed E-state index contributed by atoms with van der Waals surface area (Å²) in [6.07, 6.45) is -2.94. The molecular formula is C6H13NO4. The Morgan fingerprint density at radius 1 is 1.00 bits per heavy atom. The van der Waals surface area contributed by atoms with Crippen LogP contribution in [-0.2, 0) is 9.47 Å². The van der Waals surface area contributed by atoms with E-state index >= 15 is 0 Å². The maximum absolute atomic E-state index is 9.24. The van der Waals surface area contributed by atoms with Gasteiger partial charge in [-0.1, -0.05) is 0 Å². The molecule has 0 saturated carbocycles. The van der Waals surface area contributed by atoms with Crippen LogP contribution in [0.15, 0.2) is 0 Å². The molecule has 5 nitrogen and oxygen atoms in total. The number of ether oxygens (including phenoxy) is 2. The predicted molar refractivity (Wildman–Crippen MR) is 36.7 cm³/mol. The van der Waals surface area contributed by atoms with Gasteiger partial charge in [0, 0.05) is 14.2 Å². The van der Waals surface area contributed by atoms with E-state index in [2.05, 4.69) is 5.32 Å². The lowest BCUT2D eigenvalue weighted by Crippen LogP contribution is -2.35. The van der Waals surface area contributed by atoms with Gasteiger partial charge in [-0.05, 0) is 0 Å². The third-order valence-electron chi connectivity index (χ3n) is 1.81. The minimum absolute atomic E-state index is 0.546. The second-order valence-corrected chi connectivity index (χ2v) is 2.46. The molecule has 1 saturated heterocycles. The van der Waals surface area contributed by atoms with Crippen molar-refractivity contribution in [1.29, 1.82) is 0 Å². The summed E-state index contributed by atoms with van der Waals surface area (Å²) < 4.78 is 9.65. The molecule has 0 spiro atoms. The van der Waals surface area contributed by atoms with Gasteiger partial charge in [0.05, 0.1) is 0 Å². The lowest BCUT2D eigenvalue weighted by molar-refractivity contribution is -0.0582. The first kappa shape index (κ1) is 8.89. The fourth-order valence-corrected chi connectivity index (χ4v) is 1.13. The summed E-state index contributed by atoms with van der Waals surface area (Å²) in [5.41, 5.74) is 0. The van der Waals surface area contributed by atoms with Gasteiger partial charge in [0.2, 0.25) is 0 Å². The molecule has 0 unspecified atom stereocenters. The SMILES string of the molecule is CO[C@@H]1N[C@@H](OC)[C@H](O)[C@H]1O. The highest BCUT2D eigenvalue weighted by molar-refractivity contribution is 4.88. The molecule has 3 N–H and O–H groups in total. The number of hydrogen-bond acceptors (Lipinski definition) is 5. The van der Waals surface area contributed by atoms with Crippen molar-refractivity contribution in [3.63, 3.8) is 0 Å². The van der Waals surface area contributed by atoms with E-state index < -0.39 is 24.7 Å². The summed E-state index contributed by atoms with van der Waals surface area (Å²) in [6.45, 7) is 0. The van der Waals surface area contributed by atoms with Gasteiger partial charge in [-0.15, -0.1) is 0 Å². The summed E-state index contributed by atoms with van der Waals surface area (Å²) in [6, 6.07) is 0. The zero-order chi connectivity index (χ0) is 8.43. The Kier molecular flexibility index (Phi) is 2.80. The van der Waals surface area contributed by atoms with E-state index in [0.717, 1.165) is 0 Å². The van der Waals surface area contributed by atoms with Crippen molar-refractivity contribution in [2.45, 2.75) is 24.7 Å². The summed E-state index contributed by atoms with van der Waals surface area (Å²) in [4.78, 5) is 0. The van der Waals surface area contributed by atoms with Gasteiger partial charge in [-0.25, -0.2) is 0 Å². The second-order valence-electron chi connectivity index (χ2n) is 2.46. The number of hydrogen-bond donors (Lipinski definition) is 3. The third-order valence-corrected chi connectivity index (χ3v) is 1.81. The highest BCUT2D eigenvalue weighted by atomic mass is 16.5. The Morgan fingerprint density at radius 3 is 1.55 bits per heavy atom. The van der Waals surface area contributed by atoms with Crippen LogP contribution >= 0.6 is 0 Å². The zero-order valence-corrected chi connectivity index (χ0v) is 6.52. The quantitative estimate of drug-likeness (QED) is 0.450. The number of aliphatic hydroxyl groups excluding tert-OH is 2. The van der Waals surface area contributed by atoms with Crippen LogP contribution in [0.1, 0.15) is 0 Å². The molecule has 5 heteroatoms. The largest absolute Gasteiger partial charge is 0.386 e. The van der Waals surface area contributed by atoms with Crippen LogP contribution in [0.2, 0.25) is 0 Å². The molecule has 0 aliphatic carbocycles. The smallest absolute Gasteiger partial charge is 0.138 e. The molecule has 0 aromatic rings. The Bertz CT molecular complexity index is 114. The Labute approximate surface area is 64.9 Å². The van der Waals surface area contributed by atoms with Crippen molar-refractivity contribution in [3.05, 3.63) is 0 Å². The van der Waals surface area contributed by atoms with Crippen molar-refractivity contribution in [1.82, 2.24) is 5.32 Å². The van der Waals surface area contributed by atoms with Crippen LogP contribution in [0.4, 0.5) is 0 Å². The van der Waals surface area contributed by atoms with Gasteiger partial charge in [0.15, 0.2) is 0 Å². The minimum atomic E-state index is -0.926. The normalized spacial score (nSPS) is 44.7. The maximum atomic E-state index is 9.24. The van der Waals surface area contributed by atoms with Crippen molar-refractivity contribution in [2.75, 3.05) is 14.2 Å². The lowest BCUT2D eigenvalue weighted by atomic mass is 10.2. The van der Waals surface area contributed by atoms with Gasteiger partial charge < -0.3 is 19.7 Å².